The van der Waals surface area contributed by atoms with E-state index in [-0.39, 0.29) is 17.7 Å². The van der Waals surface area contributed by atoms with Crippen molar-refractivity contribution >= 4 is 23.2 Å². The molecule has 1 aliphatic carbocycles. The highest BCUT2D eigenvalue weighted by atomic mass is 16.5. The first kappa shape index (κ1) is 13.7. The first-order valence-corrected chi connectivity index (χ1v) is 7.16. The zero-order chi connectivity index (χ0) is 15.1. The van der Waals surface area contributed by atoms with Gasteiger partial charge in [0.05, 0.1) is 12.3 Å². The van der Waals surface area contributed by atoms with E-state index in [9.17, 15) is 9.59 Å². The lowest BCUT2D eigenvalue weighted by Crippen LogP contribution is -2.34. The summed E-state index contributed by atoms with van der Waals surface area (Å²) in [6, 6.07) is 7.46. The Balaban J connectivity index is 2.07. The Morgan fingerprint density at radius 2 is 1.95 bits per heavy atom. The van der Waals surface area contributed by atoms with Gasteiger partial charge in [-0.15, -0.1) is 0 Å². The van der Waals surface area contributed by atoms with Crippen molar-refractivity contribution in [1.29, 1.82) is 0 Å². The van der Waals surface area contributed by atoms with E-state index in [1.807, 2.05) is 38.1 Å². The Kier molecular flexibility index (Phi) is 3.24. The Morgan fingerprint density at radius 3 is 2.62 bits per heavy atom. The van der Waals surface area contributed by atoms with Crippen LogP contribution in [0.3, 0.4) is 0 Å². The van der Waals surface area contributed by atoms with Crippen molar-refractivity contribution < 1.29 is 14.3 Å². The van der Waals surface area contributed by atoms with E-state index in [0.717, 1.165) is 11.3 Å². The van der Waals surface area contributed by atoms with Gasteiger partial charge in [0.1, 0.15) is 5.92 Å². The Hall–Kier alpha value is -2.23. The van der Waals surface area contributed by atoms with E-state index in [1.54, 1.807) is 6.92 Å². The summed E-state index contributed by atoms with van der Waals surface area (Å²) < 4.78 is 5.13. The molecule has 3 rings (SSSR count). The molecule has 1 aromatic carbocycles. The zero-order valence-corrected chi connectivity index (χ0v) is 12.3. The lowest BCUT2D eigenvalue weighted by Gasteiger charge is -2.27. The van der Waals surface area contributed by atoms with E-state index < -0.39 is 5.92 Å². The quantitative estimate of drug-likeness (QED) is 0.784. The van der Waals surface area contributed by atoms with Crippen LogP contribution in [0.15, 0.2) is 34.8 Å². The number of carbonyl (C=O) groups excluding carboxylic acids is 2. The Bertz CT molecular complexity index is 700. The molecule has 1 aliphatic heterocycles. The Labute approximate surface area is 123 Å². The van der Waals surface area contributed by atoms with Crippen molar-refractivity contribution in [2.45, 2.75) is 20.8 Å². The number of ether oxygens (including phenoxy) is 1. The third-order valence-corrected chi connectivity index (χ3v) is 4.16. The van der Waals surface area contributed by atoms with E-state index >= 15 is 0 Å². The highest BCUT2D eigenvalue weighted by Gasteiger charge is 2.42. The summed E-state index contributed by atoms with van der Waals surface area (Å²) in [5.41, 5.74) is 3.62. The minimum Gasteiger partial charge on any atom is -0.465 e. The van der Waals surface area contributed by atoms with Crippen LogP contribution in [-0.2, 0) is 9.53 Å². The number of nitrogens with zero attached hydrogens (tertiary/aromatic N) is 1. The molecular formula is C17H17NO3. The van der Waals surface area contributed by atoms with Gasteiger partial charge in [-0.2, -0.15) is 0 Å². The topological polar surface area (TPSA) is 55.7 Å². The summed E-state index contributed by atoms with van der Waals surface area (Å²) in [4.78, 5) is 29.3. The largest absolute Gasteiger partial charge is 0.465 e. The smallest absolute Gasteiger partial charge is 0.315 e. The summed E-state index contributed by atoms with van der Waals surface area (Å²) >= 11 is 0. The van der Waals surface area contributed by atoms with Crippen LogP contribution >= 0.6 is 0 Å². The molecule has 1 heterocycles. The van der Waals surface area contributed by atoms with Crippen molar-refractivity contribution in [3.63, 3.8) is 0 Å². The third kappa shape index (κ3) is 1.94. The maximum atomic E-state index is 12.6. The molecule has 0 spiro atoms. The van der Waals surface area contributed by atoms with E-state index in [4.69, 9.17) is 4.74 Å². The lowest BCUT2D eigenvalue weighted by molar-refractivity contribution is -0.146. The van der Waals surface area contributed by atoms with Gasteiger partial charge in [0.2, 0.25) is 0 Å². The maximum Gasteiger partial charge on any atom is 0.315 e. The summed E-state index contributed by atoms with van der Waals surface area (Å²) in [5.74, 6) is -1.00. The number of aliphatic imine (C=N–C) groups is 1. The molecular weight excluding hydrogens is 266 g/mol. The predicted octanol–water partition coefficient (Wildman–Crippen LogP) is 2.88. The van der Waals surface area contributed by atoms with Gasteiger partial charge in [-0.25, -0.2) is 0 Å². The second kappa shape index (κ2) is 4.95. The van der Waals surface area contributed by atoms with Gasteiger partial charge in [0.15, 0.2) is 5.78 Å². The molecule has 2 aliphatic rings. The van der Waals surface area contributed by atoms with Crippen molar-refractivity contribution in [3.8, 4) is 0 Å². The highest BCUT2D eigenvalue weighted by molar-refractivity contribution is 6.23. The molecule has 0 bridgehead atoms. The molecule has 0 saturated carbocycles. The van der Waals surface area contributed by atoms with Crippen molar-refractivity contribution in [2.75, 3.05) is 6.61 Å². The van der Waals surface area contributed by atoms with Crippen molar-refractivity contribution in [2.24, 2.45) is 16.8 Å². The molecule has 1 unspecified atom stereocenters. The van der Waals surface area contributed by atoms with E-state index in [0.29, 0.717) is 23.5 Å². The van der Waals surface area contributed by atoms with Gasteiger partial charge >= 0.3 is 5.97 Å². The number of esters is 1. The lowest BCUT2D eigenvalue weighted by atomic mass is 9.80. The van der Waals surface area contributed by atoms with Crippen molar-refractivity contribution in [3.05, 3.63) is 41.0 Å². The number of benzene rings is 1. The van der Waals surface area contributed by atoms with Crippen LogP contribution < -0.4 is 0 Å². The third-order valence-electron chi connectivity index (χ3n) is 4.16. The minimum absolute atomic E-state index is 0.0151. The molecule has 0 aromatic heterocycles. The number of allylic oxidation sites excluding steroid dienone is 1. The summed E-state index contributed by atoms with van der Waals surface area (Å²) in [6.45, 7) is 5.83. The molecule has 2 atom stereocenters. The number of hydrogen-bond acceptors (Lipinski definition) is 4. The molecule has 21 heavy (non-hydrogen) atoms. The number of ketones is 1. The molecule has 4 heteroatoms. The number of hydrogen-bond donors (Lipinski definition) is 0. The molecule has 0 fully saturated rings. The summed E-state index contributed by atoms with van der Waals surface area (Å²) in [7, 11) is 0. The average molecular weight is 283 g/mol. The van der Waals surface area contributed by atoms with Crippen LogP contribution in [0.2, 0.25) is 0 Å². The van der Waals surface area contributed by atoms with E-state index in [2.05, 4.69) is 4.99 Å². The van der Waals surface area contributed by atoms with Crippen LogP contribution in [0.4, 0.5) is 0 Å². The van der Waals surface area contributed by atoms with E-state index in [1.165, 1.54) is 0 Å². The summed E-state index contributed by atoms with van der Waals surface area (Å²) in [5, 5.41) is 0. The van der Waals surface area contributed by atoms with Crippen LogP contribution in [-0.4, -0.2) is 24.1 Å². The summed E-state index contributed by atoms with van der Waals surface area (Å²) in [6.07, 6.45) is 0. The highest BCUT2D eigenvalue weighted by Crippen LogP contribution is 2.43. The van der Waals surface area contributed by atoms with Crippen LogP contribution in [0.25, 0.3) is 5.70 Å². The molecule has 0 saturated heterocycles. The average Bonchev–Trinajstić information content (AvgIpc) is 2.73. The monoisotopic (exact) mass is 283 g/mol. The molecule has 4 nitrogen and oxygen atoms in total. The molecule has 108 valence electrons. The van der Waals surface area contributed by atoms with Gasteiger partial charge in [0.25, 0.3) is 0 Å². The molecule has 0 radical (unpaired) electrons. The van der Waals surface area contributed by atoms with Crippen LogP contribution in [0.5, 0.6) is 0 Å². The Morgan fingerprint density at radius 1 is 1.29 bits per heavy atom. The zero-order valence-electron chi connectivity index (χ0n) is 12.3. The SMILES string of the molecule is CCOC(=O)C1C(C)=NC2=C(C(=O)c3ccccc32)[C@H]1C. The van der Waals surface area contributed by atoms with Gasteiger partial charge in [-0.05, 0) is 13.8 Å². The second-order valence-electron chi connectivity index (χ2n) is 5.41. The van der Waals surface area contributed by atoms with Crippen LogP contribution in [0.1, 0.15) is 36.7 Å². The van der Waals surface area contributed by atoms with Crippen LogP contribution in [0, 0.1) is 11.8 Å². The fraction of sp³-hybridized carbons (Fsp3) is 0.353. The van der Waals surface area contributed by atoms with Gasteiger partial charge in [-0.1, -0.05) is 31.2 Å². The van der Waals surface area contributed by atoms with Crippen molar-refractivity contribution in [1.82, 2.24) is 0 Å². The fourth-order valence-corrected chi connectivity index (χ4v) is 3.21. The normalized spacial score (nSPS) is 23.6. The van der Waals surface area contributed by atoms with Gasteiger partial charge < -0.3 is 4.74 Å². The second-order valence-corrected chi connectivity index (χ2v) is 5.41. The maximum absolute atomic E-state index is 12.6. The minimum atomic E-state index is -0.470. The number of rotatable bonds is 2. The van der Waals surface area contributed by atoms with Gasteiger partial charge in [-0.3, -0.25) is 14.6 Å². The fourth-order valence-electron chi connectivity index (χ4n) is 3.21. The predicted molar refractivity (Wildman–Crippen MR) is 80.1 cm³/mol. The number of fused-ring (bicyclic) bond motifs is 2. The number of Topliss-reactive ketones (excluding diaryl/α,β-unsaturated/α-hetero) is 1. The van der Waals surface area contributed by atoms with Gasteiger partial charge in [0, 0.05) is 28.3 Å². The number of carbonyl (C=O) groups is 2. The first-order chi connectivity index (χ1) is 10.1. The molecule has 0 N–H and O–H groups in total. The molecule has 1 aromatic rings. The first-order valence-electron chi connectivity index (χ1n) is 7.16. The standard InChI is InChI=1S/C17H17NO3/c1-4-21-17(20)13-9(2)14-15(18-10(13)3)11-7-5-6-8-12(11)16(14)19/h5-9,13H,4H2,1-3H3/t9-,13?/m0/s1. The molecule has 0 amide bonds.